The third-order valence-electron chi connectivity index (χ3n) is 3.52. The maximum absolute atomic E-state index is 12.8. The first-order valence-corrected chi connectivity index (χ1v) is 9.41. The van der Waals surface area contributed by atoms with Crippen LogP contribution in [0.15, 0.2) is 28.7 Å². The van der Waals surface area contributed by atoms with E-state index in [2.05, 4.69) is 9.97 Å². The second kappa shape index (κ2) is 6.50. The van der Waals surface area contributed by atoms with E-state index in [-0.39, 0.29) is 18.7 Å². The second-order valence-corrected chi connectivity index (χ2v) is 8.75. The van der Waals surface area contributed by atoms with Crippen molar-refractivity contribution in [3.05, 3.63) is 35.2 Å². The molecule has 1 aliphatic heterocycles. The Balaban J connectivity index is 1.71. The standard InChI is InChI=1S/C14H16FN3O3S2/c1-10-4-5-13(22-10)23(19,20)18-6-2-3-12(9-18)21-14-16-7-11(15)8-17-14/h4-5,7-8,12H,2-3,6,9H2,1H3. The molecule has 0 spiro atoms. The van der Waals surface area contributed by atoms with E-state index in [1.165, 1.54) is 15.6 Å². The molecule has 2 aromatic heterocycles. The Kier molecular flexibility index (Phi) is 4.60. The molecule has 0 aliphatic carbocycles. The predicted octanol–water partition coefficient (Wildman–Crippen LogP) is 2.22. The Morgan fingerprint density at radius 2 is 2.09 bits per heavy atom. The zero-order valence-electron chi connectivity index (χ0n) is 12.5. The van der Waals surface area contributed by atoms with Gasteiger partial charge in [0.05, 0.1) is 18.9 Å². The summed E-state index contributed by atoms with van der Waals surface area (Å²) in [6.07, 6.45) is 3.10. The van der Waals surface area contributed by atoms with Crippen LogP contribution in [0.5, 0.6) is 6.01 Å². The highest BCUT2D eigenvalue weighted by molar-refractivity contribution is 7.91. The van der Waals surface area contributed by atoms with Gasteiger partial charge in [-0.25, -0.2) is 22.8 Å². The molecule has 1 unspecified atom stereocenters. The van der Waals surface area contributed by atoms with E-state index in [0.29, 0.717) is 23.6 Å². The van der Waals surface area contributed by atoms with Gasteiger partial charge in [-0.15, -0.1) is 11.3 Å². The Bertz CT molecular complexity index is 777. The van der Waals surface area contributed by atoms with Crippen molar-refractivity contribution < 1.29 is 17.5 Å². The molecule has 6 nitrogen and oxygen atoms in total. The van der Waals surface area contributed by atoms with Crippen LogP contribution in [-0.4, -0.2) is 41.9 Å². The Hall–Kier alpha value is -1.58. The minimum atomic E-state index is -3.50. The average molecular weight is 357 g/mol. The third kappa shape index (κ3) is 3.67. The molecule has 0 saturated carbocycles. The number of piperidine rings is 1. The molecule has 3 heterocycles. The number of aromatic nitrogens is 2. The minimum Gasteiger partial charge on any atom is -0.459 e. The van der Waals surface area contributed by atoms with Crippen molar-refractivity contribution in [1.29, 1.82) is 0 Å². The van der Waals surface area contributed by atoms with Crippen molar-refractivity contribution in [3.8, 4) is 6.01 Å². The smallest absolute Gasteiger partial charge is 0.316 e. The molecule has 1 fully saturated rings. The summed E-state index contributed by atoms with van der Waals surface area (Å²) in [5, 5.41) is 0. The molecule has 124 valence electrons. The lowest BCUT2D eigenvalue weighted by atomic mass is 10.1. The molecule has 0 aromatic carbocycles. The zero-order chi connectivity index (χ0) is 16.4. The van der Waals surface area contributed by atoms with Crippen molar-refractivity contribution in [3.63, 3.8) is 0 Å². The lowest BCUT2D eigenvalue weighted by Crippen LogP contribution is -2.44. The fraction of sp³-hybridized carbons (Fsp3) is 0.429. The van der Waals surface area contributed by atoms with Gasteiger partial charge >= 0.3 is 6.01 Å². The molecule has 0 bridgehead atoms. The predicted molar refractivity (Wildman–Crippen MR) is 83.5 cm³/mol. The normalized spacial score (nSPS) is 19.7. The monoisotopic (exact) mass is 357 g/mol. The van der Waals surface area contributed by atoms with Crippen LogP contribution in [-0.2, 0) is 10.0 Å². The summed E-state index contributed by atoms with van der Waals surface area (Å²) in [4.78, 5) is 8.45. The highest BCUT2D eigenvalue weighted by atomic mass is 32.2. The van der Waals surface area contributed by atoms with Crippen LogP contribution < -0.4 is 4.74 Å². The molecule has 3 rings (SSSR count). The maximum atomic E-state index is 12.8. The number of ether oxygens (including phenoxy) is 1. The van der Waals surface area contributed by atoms with Crippen molar-refractivity contribution in [2.75, 3.05) is 13.1 Å². The van der Waals surface area contributed by atoms with Gasteiger partial charge in [-0.1, -0.05) is 0 Å². The van der Waals surface area contributed by atoms with Crippen LogP contribution in [0.4, 0.5) is 4.39 Å². The molecule has 0 amide bonds. The Morgan fingerprint density at radius 1 is 1.35 bits per heavy atom. The highest BCUT2D eigenvalue weighted by Gasteiger charge is 2.32. The fourth-order valence-electron chi connectivity index (χ4n) is 2.41. The number of hydrogen-bond donors (Lipinski definition) is 0. The van der Waals surface area contributed by atoms with Gasteiger partial charge < -0.3 is 4.74 Å². The summed E-state index contributed by atoms with van der Waals surface area (Å²) >= 11 is 1.26. The van der Waals surface area contributed by atoms with Gasteiger partial charge in [-0.05, 0) is 31.9 Å². The lowest BCUT2D eigenvalue weighted by Gasteiger charge is -2.31. The van der Waals surface area contributed by atoms with Crippen LogP contribution in [0.3, 0.4) is 0 Å². The second-order valence-electron chi connectivity index (χ2n) is 5.29. The molecule has 1 aliphatic rings. The Labute approximate surface area is 138 Å². The highest BCUT2D eigenvalue weighted by Crippen LogP contribution is 2.27. The third-order valence-corrected chi connectivity index (χ3v) is 6.85. The molecule has 0 N–H and O–H groups in total. The van der Waals surface area contributed by atoms with Crippen molar-refractivity contribution in [1.82, 2.24) is 14.3 Å². The molecule has 9 heteroatoms. The zero-order valence-corrected chi connectivity index (χ0v) is 14.1. The van der Waals surface area contributed by atoms with Crippen LogP contribution >= 0.6 is 11.3 Å². The summed E-state index contributed by atoms with van der Waals surface area (Å²) in [5.74, 6) is -0.543. The molecule has 2 aromatic rings. The number of sulfonamides is 1. The van der Waals surface area contributed by atoms with Crippen LogP contribution in [0.1, 0.15) is 17.7 Å². The number of hydrogen-bond acceptors (Lipinski definition) is 6. The first kappa shape index (κ1) is 16.3. The van der Waals surface area contributed by atoms with Crippen LogP contribution in [0.25, 0.3) is 0 Å². The van der Waals surface area contributed by atoms with Gasteiger partial charge in [0.25, 0.3) is 10.0 Å². The number of aryl methyl sites for hydroxylation is 1. The number of thiophene rings is 1. The summed E-state index contributed by atoms with van der Waals surface area (Å²) < 4.78 is 45.4. The Morgan fingerprint density at radius 3 is 2.74 bits per heavy atom. The van der Waals surface area contributed by atoms with Gasteiger partial charge in [0.1, 0.15) is 10.3 Å². The van der Waals surface area contributed by atoms with Crippen LogP contribution in [0.2, 0.25) is 0 Å². The van der Waals surface area contributed by atoms with Gasteiger partial charge in [0, 0.05) is 11.4 Å². The van der Waals surface area contributed by atoms with Gasteiger partial charge in [-0.2, -0.15) is 4.31 Å². The van der Waals surface area contributed by atoms with E-state index >= 15 is 0 Å². The molecular weight excluding hydrogens is 341 g/mol. The minimum absolute atomic E-state index is 0.0580. The number of rotatable bonds is 4. The molecule has 1 atom stereocenters. The molecule has 23 heavy (non-hydrogen) atoms. The van der Waals surface area contributed by atoms with Crippen molar-refractivity contribution >= 4 is 21.4 Å². The lowest BCUT2D eigenvalue weighted by molar-refractivity contribution is 0.119. The van der Waals surface area contributed by atoms with Crippen molar-refractivity contribution in [2.24, 2.45) is 0 Å². The summed E-state index contributed by atoms with van der Waals surface area (Å²) in [6, 6.07) is 3.48. The van der Waals surface area contributed by atoms with Crippen LogP contribution in [0, 0.1) is 12.7 Å². The van der Waals surface area contributed by atoms with E-state index in [0.717, 1.165) is 17.3 Å². The van der Waals surface area contributed by atoms with Gasteiger partial charge in [0.2, 0.25) is 0 Å². The largest absolute Gasteiger partial charge is 0.459 e. The van der Waals surface area contributed by atoms with E-state index in [1.54, 1.807) is 12.1 Å². The fourth-order valence-corrected chi connectivity index (χ4v) is 5.36. The topological polar surface area (TPSA) is 72.4 Å². The van der Waals surface area contributed by atoms with E-state index < -0.39 is 15.8 Å². The molecular formula is C14H16FN3O3S2. The first-order chi connectivity index (χ1) is 10.9. The van der Waals surface area contributed by atoms with E-state index in [4.69, 9.17) is 4.74 Å². The maximum Gasteiger partial charge on any atom is 0.316 e. The number of halogens is 1. The first-order valence-electron chi connectivity index (χ1n) is 7.16. The summed E-state index contributed by atoms with van der Waals surface area (Å²) in [6.45, 7) is 2.57. The van der Waals surface area contributed by atoms with Crippen molar-refractivity contribution in [2.45, 2.75) is 30.1 Å². The number of nitrogens with zero attached hydrogens (tertiary/aromatic N) is 3. The quantitative estimate of drug-likeness (QED) is 0.839. The summed E-state index contributed by atoms with van der Waals surface area (Å²) in [7, 11) is -3.50. The van der Waals surface area contributed by atoms with Gasteiger partial charge in [-0.3, -0.25) is 0 Å². The van der Waals surface area contributed by atoms with E-state index in [9.17, 15) is 12.8 Å². The molecule has 0 radical (unpaired) electrons. The molecule has 1 saturated heterocycles. The average Bonchev–Trinajstić information content (AvgIpc) is 2.97. The summed E-state index contributed by atoms with van der Waals surface area (Å²) in [5.41, 5.74) is 0. The van der Waals surface area contributed by atoms with Gasteiger partial charge in [0.15, 0.2) is 5.82 Å². The van der Waals surface area contributed by atoms with E-state index in [1.807, 2.05) is 6.92 Å². The SMILES string of the molecule is Cc1ccc(S(=O)(=O)N2CCCC(Oc3ncc(F)cn3)C2)s1.